The maximum atomic E-state index is 12.1. The fourth-order valence-electron chi connectivity index (χ4n) is 1.62. The standard InChI is InChI=1S/C14H20F3NO3/c1-19-8-6-18-10-11-3-4-12(13(9-11)20-2)21-7-5-14(15,16)17/h3-4,9,18H,5-8,10H2,1-2H3. The highest BCUT2D eigenvalue weighted by molar-refractivity contribution is 5.42. The molecule has 0 amide bonds. The van der Waals surface area contributed by atoms with Gasteiger partial charge in [-0.3, -0.25) is 0 Å². The van der Waals surface area contributed by atoms with E-state index < -0.39 is 19.2 Å². The smallest absolute Gasteiger partial charge is 0.392 e. The van der Waals surface area contributed by atoms with Gasteiger partial charge >= 0.3 is 6.18 Å². The quantitative estimate of drug-likeness (QED) is 0.712. The summed E-state index contributed by atoms with van der Waals surface area (Å²) in [7, 11) is 3.08. The number of hydrogen-bond donors (Lipinski definition) is 1. The first-order chi connectivity index (χ1) is 9.96. The molecule has 0 aromatic heterocycles. The number of hydrogen-bond acceptors (Lipinski definition) is 4. The number of rotatable bonds is 9. The van der Waals surface area contributed by atoms with Gasteiger partial charge in [0.15, 0.2) is 11.5 Å². The van der Waals surface area contributed by atoms with Crippen LogP contribution in [-0.2, 0) is 11.3 Å². The lowest BCUT2D eigenvalue weighted by Gasteiger charge is -2.13. The van der Waals surface area contributed by atoms with Gasteiger partial charge in [-0.1, -0.05) is 6.07 Å². The van der Waals surface area contributed by atoms with Crippen molar-refractivity contribution in [3.8, 4) is 11.5 Å². The zero-order valence-electron chi connectivity index (χ0n) is 12.1. The van der Waals surface area contributed by atoms with Crippen molar-refractivity contribution in [1.29, 1.82) is 0 Å². The molecule has 120 valence electrons. The van der Waals surface area contributed by atoms with Crippen LogP contribution in [0.4, 0.5) is 13.2 Å². The molecular weight excluding hydrogens is 287 g/mol. The van der Waals surface area contributed by atoms with Gasteiger partial charge < -0.3 is 19.5 Å². The highest BCUT2D eigenvalue weighted by Gasteiger charge is 2.27. The molecule has 0 aliphatic carbocycles. The van der Waals surface area contributed by atoms with Crippen molar-refractivity contribution in [2.75, 3.05) is 34.0 Å². The first-order valence-corrected chi connectivity index (χ1v) is 6.52. The van der Waals surface area contributed by atoms with E-state index in [0.29, 0.717) is 31.2 Å². The molecule has 1 rings (SSSR count). The van der Waals surface area contributed by atoms with E-state index in [2.05, 4.69) is 5.32 Å². The summed E-state index contributed by atoms with van der Waals surface area (Å²) in [4.78, 5) is 0. The third-order valence-electron chi connectivity index (χ3n) is 2.68. The summed E-state index contributed by atoms with van der Waals surface area (Å²) >= 11 is 0. The third-order valence-corrected chi connectivity index (χ3v) is 2.68. The maximum absolute atomic E-state index is 12.1. The summed E-state index contributed by atoms with van der Waals surface area (Å²) in [5, 5.41) is 3.17. The van der Waals surface area contributed by atoms with Crippen LogP contribution in [0.3, 0.4) is 0 Å². The van der Waals surface area contributed by atoms with E-state index in [0.717, 1.165) is 5.56 Å². The molecule has 0 atom stereocenters. The van der Waals surface area contributed by atoms with Crippen molar-refractivity contribution in [3.63, 3.8) is 0 Å². The van der Waals surface area contributed by atoms with Crippen LogP contribution >= 0.6 is 0 Å². The van der Waals surface area contributed by atoms with Gasteiger partial charge in [0, 0.05) is 20.2 Å². The van der Waals surface area contributed by atoms with Crippen LogP contribution in [0.25, 0.3) is 0 Å². The number of methoxy groups -OCH3 is 2. The van der Waals surface area contributed by atoms with Crippen LogP contribution < -0.4 is 14.8 Å². The average molecular weight is 307 g/mol. The van der Waals surface area contributed by atoms with E-state index in [-0.39, 0.29) is 0 Å². The van der Waals surface area contributed by atoms with Gasteiger partial charge in [-0.2, -0.15) is 13.2 Å². The highest BCUT2D eigenvalue weighted by Crippen LogP contribution is 2.29. The van der Waals surface area contributed by atoms with Crippen LogP contribution in [0.2, 0.25) is 0 Å². The molecule has 0 saturated carbocycles. The monoisotopic (exact) mass is 307 g/mol. The van der Waals surface area contributed by atoms with Crippen LogP contribution in [-0.4, -0.2) is 40.2 Å². The Hall–Kier alpha value is -1.47. The Bertz CT molecular complexity index is 424. The maximum Gasteiger partial charge on any atom is 0.392 e. The minimum absolute atomic E-state index is 0.308. The van der Waals surface area contributed by atoms with E-state index in [1.165, 1.54) is 7.11 Å². The van der Waals surface area contributed by atoms with E-state index >= 15 is 0 Å². The number of alkyl halides is 3. The Kier molecular flexibility index (Phi) is 7.31. The van der Waals surface area contributed by atoms with Crippen molar-refractivity contribution in [1.82, 2.24) is 5.32 Å². The largest absolute Gasteiger partial charge is 0.493 e. The molecule has 1 N–H and O–H groups in total. The second-order valence-corrected chi connectivity index (χ2v) is 4.37. The molecule has 0 aliphatic heterocycles. The van der Waals surface area contributed by atoms with Crippen LogP contribution in [0.15, 0.2) is 18.2 Å². The van der Waals surface area contributed by atoms with Crippen LogP contribution in [0.1, 0.15) is 12.0 Å². The molecule has 7 heteroatoms. The van der Waals surface area contributed by atoms with E-state index in [9.17, 15) is 13.2 Å². The average Bonchev–Trinajstić information content (AvgIpc) is 2.43. The number of benzene rings is 1. The molecule has 0 saturated heterocycles. The topological polar surface area (TPSA) is 39.7 Å². The summed E-state index contributed by atoms with van der Waals surface area (Å²) in [6.07, 6.45) is -5.21. The van der Waals surface area contributed by atoms with Gasteiger partial charge in [0.25, 0.3) is 0 Å². The lowest BCUT2D eigenvalue weighted by molar-refractivity contribution is -0.139. The second-order valence-electron chi connectivity index (χ2n) is 4.37. The molecule has 1 aromatic carbocycles. The Morgan fingerprint density at radius 3 is 2.48 bits per heavy atom. The molecule has 0 spiro atoms. The number of halogens is 3. The Morgan fingerprint density at radius 2 is 1.86 bits per heavy atom. The van der Waals surface area contributed by atoms with Gasteiger partial charge in [-0.15, -0.1) is 0 Å². The summed E-state index contributed by atoms with van der Waals surface area (Å²) in [5.41, 5.74) is 0.950. The second kappa shape index (κ2) is 8.74. The first-order valence-electron chi connectivity index (χ1n) is 6.52. The molecule has 21 heavy (non-hydrogen) atoms. The van der Waals surface area contributed by atoms with Crippen molar-refractivity contribution >= 4 is 0 Å². The molecule has 1 aromatic rings. The zero-order chi connectivity index (χ0) is 15.7. The fraction of sp³-hybridized carbons (Fsp3) is 0.571. The summed E-state index contributed by atoms with van der Waals surface area (Å²) in [6, 6.07) is 5.14. The molecule has 0 heterocycles. The summed E-state index contributed by atoms with van der Waals surface area (Å²) in [6.45, 7) is 1.51. The van der Waals surface area contributed by atoms with Gasteiger partial charge in [-0.05, 0) is 17.7 Å². The van der Waals surface area contributed by atoms with E-state index in [1.807, 2.05) is 0 Å². The minimum Gasteiger partial charge on any atom is -0.493 e. The predicted molar refractivity (Wildman–Crippen MR) is 72.7 cm³/mol. The summed E-state index contributed by atoms with van der Waals surface area (Å²) < 4.78 is 51.4. The summed E-state index contributed by atoms with van der Waals surface area (Å²) in [5.74, 6) is 0.727. The zero-order valence-corrected chi connectivity index (χ0v) is 12.1. The van der Waals surface area contributed by atoms with Crippen molar-refractivity contribution in [2.24, 2.45) is 0 Å². The van der Waals surface area contributed by atoms with E-state index in [1.54, 1.807) is 25.3 Å². The van der Waals surface area contributed by atoms with E-state index in [4.69, 9.17) is 14.2 Å². The van der Waals surface area contributed by atoms with Crippen molar-refractivity contribution in [2.45, 2.75) is 19.1 Å². The number of ether oxygens (including phenoxy) is 3. The Labute approximate surface area is 122 Å². The van der Waals surface area contributed by atoms with Gasteiger partial charge in [0.1, 0.15) is 0 Å². The van der Waals surface area contributed by atoms with Crippen molar-refractivity contribution < 1.29 is 27.4 Å². The third kappa shape index (κ3) is 7.19. The predicted octanol–water partition coefficient (Wildman–Crippen LogP) is 2.76. The molecule has 0 unspecified atom stereocenters. The lowest BCUT2D eigenvalue weighted by Crippen LogP contribution is -2.18. The number of nitrogens with one attached hydrogen (secondary N) is 1. The lowest BCUT2D eigenvalue weighted by atomic mass is 10.2. The van der Waals surface area contributed by atoms with Gasteiger partial charge in [-0.25, -0.2) is 0 Å². The van der Waals surface area contributed by atoms with Gasteiger partial charge in [0.05, 0.1) is 26.7 Å². The SMILES string of the molecule is COCCNCc1ccc(OCCC(F)(F)F)c(OC)c1. The minimum atomic E-state index is -4.22. The Morgan fingerprint density at radius 1 is 1.10 bits per heavy atom. The normalized spacial score (nSPS) is 11.5. The Balaban J connectivity index is 2.53. The molecule has 0 aliphatic rings. The van der Waals surface area contributed by atoms with Gasteiger partial charge in [0.2, 0.25) is 0 Å². The molecule has 4 nitrogen and oxygen atoms in total. The molecule has 0 fully saturated rings. The molecule has 0 radical (unpaired) electrons. The van der Waals surface area contributed by atoms with Crippen molar-refractivity contribution in [3.05, 3.63) is 23.8 Å². The molecular formula is C14H20F3NO3. The van der Waals surface area contributed by atoms with Crippen LogP contribution in [0, 0.1) is 0 Å². The fourth-order valence-corrected chi connectivity index (χ4v) is 1.62. The first kappa shape index (κ1) is 17.6. The highest BCUT2D eigenvalue weighted by atomic mass is 19.4. The molecule has 0 bridgehead atoms. The van der Waals surface area contributed by atoms with Crippen LogP contribution in [0.5, 0.6) is 11.5 Å².